The van der Waals surface area contributed by atoms with E-state index in [-0.39, 0.29) is 0 Å². The summed E-state index contributed by atoms with van der Waals surface area (Å²) in [4.78, 5) is 4.31. The number of ether oxygens (including phenoxy) is 1. The quantitative estimate of drug-likeness (QED) is 0.791. The van der Waals surface area contributed by atoms with Crippen LogP contribution in [0.4, 0.5) is 0 Å². The van der Waals surface area contributed by atoms with E-state index in [2.05, 4.69) is 20.9 Å². The number of rotatable bonds is 1. The van der Waals surface area contributed by atoms with Crippen LogP contribution in [-0.2, 0) is 0 Å². The number of aryl methyl sites for hydroxylation is 1. The minimum absolute atomic E-state index is 0.739. The molecule has 4 heteroatoms. The molecule has 15 heavy (non-hydrogen) atoms. The first kappa shape index (κ1) is 10.7. The molecule has 1 aromatic heterocycles. The molecule has 0 aliphatic carbocycles. The van der Waals surface area contributed by atoms with E-state index in [1.54, 1.807) is 13.3 Å². The smallest absolute Gasteiger partial charge is 0.135 e. The Bertz CT molecular complexity index is 527. The fraction of sp³-hybridized carbons (Fsp3) is 0.182. The molecule has 0 atom stereocenters. The lowest BCUT2D eigenvalue weighted by atomic mass is 10.1. The largest absolute Gasteiger partial charge is 0.495 e. The molecular weight excluding hydrogens is 277 g/mol. The van der Waals surface area contributed by atoms with Gasteiger partial charge in [0.05, 0.1) is 22.1 Å². The van der Waals surface area contributed by atoms with Gasteiger partial charge in [0.15, 0.2) is 0 Å². The highest BCUT2D eigenvalue weighted by atomic mass is 79.9. The third-order valence-electron chi connectivity index (χ3n) is 2.25. The van der Waals surface area contributed by atoms with Gasteiger partial charge < -0.3 is 4.74 Å². The molecule has 0 saturated heterocycles. The fourth-order valence-corrected chi connectivity index (χ4v) is 2.12. The number of aromatic nitrogens is 1. The highest BCUT2D eigenvalue weighted by Crippen LogP contribution is 2.33. The summed E-state index contributed by atoms with van der Waals surface area (Å²) >= 11 is 9.62. The predicted molar refractivity (Wildman–Crippen MR) is 65.7 cm³/mol. The maximum Gasteiger partial charge on any atom is 0.135 e. The van der Waals surface area contributed by atoms with E-state index in [4.69, 9.17) is 16.3 Å². The van der Waals surface area contributed by atoms with Gasteiger partial charge in [-0.2, -0.15) is 0 Å². The highest BCUT2D eigenvalue weighted by Gasteiger charge is 2.08. The molecule has 0 aliphatic rings. The van der Waals surface area contributed by atoms with Gasteiger partial charge in [0.25, 0.3) is 0 Å². The van der Waals surface area contributed by atoms with Gasteiger partial charge in [0.1, 0.15) is 5.75 Å². The van der Waals surface area contributed by atoms with Gasteiger partial charge in [0.2, 0.25) is 0 Å². The van der Waals surface area contributed by atoms with Gasteiger partial charge in [-0.05, 0) is 34.5 Å². The van der Waals surface area contributed by atoms with E-state index < -0.39 is 0 Å². The van der Waals surface area contributed by atoms with Crippen molar-refractivity contribution in [2.75, 3.05) is 7.11 Å². The summed E-state index contributed by atoms with van der Waals surface area (Å²) in [6.45, 7) is 1.94. The Morgan fingerprint density at radius 2 is 2.13 bits per heavy atom. The first-order valence-electron chi connectivity index (χ1n) is 4.42. The Kier molecular flexibility index (Phi) is 2.85. The van der Waals surface area contributed by atoms with Crippen LogP contribution in [0.3, 0.4) is 0 Å². The maximum atomic E-state index is 6.19. The molecule has 0 aliphatic heterocycles. The van der Waals surface area contributed by atoms with Gasteiger partial charge in [-0.25, -0.2) is 0 Å². The van der Waals surface area contributed by atoms with Gasteiger partial charge in [0, 0.05) is 17.6 Å². The summed E-state index contributed by atoms with van der Waals surface area (Å²) < 4.78 is 6.07. The molecular formula is C11H9BrClNO. The number of nitrogens with zero attached hydrogens (tertiary/aromatic N) is 1. The highest BCUT2D eigenvalue weighted by molar-refractivity contribution is 9.10. The van der Waals surface area contributed by atoms with Crippen molar-refractivity contribution in [2.45, 2.75) is 6.92 Å². The molecule has 2 aromatic rings. The zero-order valence-corrected chi connectivity index (χ0v) is 10.7. The average molecular weight is 287 g/mol. The van der Waals surface area contributed by atoms with Gasteiger partial charge >= 0.3 is 0 Å². The number of pyridine rings is 1. The number of hydrogen-bond donors (Lipinski definition) is 0. The second-order valence-corrected chi connectivity index (χ2v) is 4.49. The number of hydrogen-bond acceptors (Lipinski definition) is 2. The summed E-state index contributed by atoms with van der Waals surface area (Å²) in [5.41, 5.74) is 1.81. The van der Waals surface area contributed by atoms with Crippen molar-refractivity contribution < 1.29 is 4.74 Å². The molecule has 0 fully saturated rings. The van der Waals surface area contributed by atoms with Crippen molar-refractivity contribution in [1.82, 2.24) is 4.98 Å². The molecule has 0 N–H and O–H groups in total. The Morgan fingerprint density at radius 1 is 1.40 bits per heavy atom. The van der Waals surface area contributed by atoms with Crippen molar-refractivity contribution in [3.05, 3.63) is 33.4 Å². The van der Waals surface area contributed by atoms with Gasteiger partial charge in [-0.3, -0.25) is 4.98 Å². The molecule has 0 saturated carbocycles. The van der Waals surface area contributed by atoms with Crippen LogP contribution in [0.5, 0.6) is 5.75 Å². The summed E-state index contributed by atoms with van der Waals surface area (Å²) in [6.07, 6.45) is 1.76. The molecule has 0 unspecified atom stereocenters. The van der Waals surface area contributed by atoms with Crippen LogP contribution >= 0.6 is 27.5 Å². The van der Waals surface area contributed by atoms with Crippen LogP contribution in [-0.4, -0.2) is 12.1 Å². The van der Waals surface area contributed by atoms with Crippen molar-refractivity contribution in [3.8, 4) is 5.75 Å². The van der Waals surface area contributed by atoms with Crippen LogP contribution in [0.1, 0.15) is 5.56 Å². The lowest BCUT2D eigenvalue weighted by molar-refractivity contribution is 0.412. The summed E-state index contributed by atoms with van der Waals surface area (Å²) in [5, 5.41) is 1.67. The summed E-state index contributed by atoms with van der Waals surface area (Å²) in [5.74, 6) is 0.759. The normalized spacial score (nSPS) is 10.7. The SMILES string of the molecule is COc1cc2ncc(C)c(Cl)c2cc1Br. The third kappa shape index (κ3) is 1.82. The Hall–Kier alpha value is -0.800. The van der Waals surface area contributed by atoms with Gasteiger partial charge in [-0.15, -0.1) is 0 Å². The van der Waals surface area contributed by atoms with Crippen molar-refractivity contribution in [2.24, 2.45) is 0 Å². The Morgan fingerprint density at radius 3 is 2.80 bits per heavy atom. The number of fused-ring (bicyclic) bond motifs is 1. The zero-order valence-electron chi connectivity index (χ0n) is 8.34. The first-order valence-corrected chi connectivity index (χ1v) is 5.59. The van der Waals surface area contributed by atoms with Crippen molar-refractivity contribution in [1.29, 1.82) is 0 Å². The minimum Gasteiger partial charge on any atom is -0.495 e. The molecule has 1 aromatic carbocycles. The van der Waals surface area contributed by atoms with E-state index in [0.717, 1.165) is 31.7 Å². The second-order valence-electron chi connectivity index (χ2n) is 3.26. The average Bonchev–Trinajstić information content (AvgIpc) is 2.24. The van der Waals surface area contributed by atoms with Gasteiger partial charge in [-0.1, -0.05) is 11.6 Å². The molecule has 2 rings (SSSR count). The van der Waals surface area contributed by atoms with Crippen LogP contribution in [0.15, 0.2) is 22.8 Å². The number of methoxy groups -OCH3 is 1. The molecule has 0 radical (unpaired) electrons. The third-order valence-corrected chi connectivity index (χ3v) is 3.37. The minimum atomic E-state index is 0.739. The Balaban J connectivity index is 2.81. The lowest BCUT2D eigenvalue weighted by Gasteiger charge is -2.07. The van der Waals surface area contributed by atoms with E-state index in [1.165, 1.54) is 0 Å². The zero-order chi connectivity index (χ0) is 11.0. The van der Waals surface area contributed by atoms with Crippen molar-refractivity contribution >= 4 is 38.4 Å². The van der Waals surface area contributed by atoms with Crippen LogP contribution in [0.25, 0.3) is 10.9 Å². The first-order chi connectivity index (χ1) is 7.13. The molecule has 1 heterocycles. The fourth-order valence-electron chi connectivity index (χ4n) is 1.42. The van der Waals surface area contributed by atoms with E-state index >= 15 is 0 Å². The van der Waals surface area contributed by atoms with E-state index in [0.29, 0.717) is 0 Å². The van der Waals surface area contributed by atoms with Crippen LogP contribution < -0.4 is 4.74 Å². The predicted octanol–water partition coefficient (Wildman–Crippen LogP) is 3.97. The second kappa shape index (κ2) is 3.99. The molecule has 2 nitrogen and oxygen atoms in total. The van der Waals surface area contributed by atoms with E-state index in [9.17, 15) is 0 Å². The molecule has 0 amide bonds. The number of benzene rings is 1. The van der Waals surface area contributed by atoms with Crippen LogP contribution in [0, 0.1) is 6.92 Å². The summed E-state index contributed by atoms with van der Waals surface area (Å²) in [6, 6.07) is 3.79. The molecule has 0 bridgehead atoms. The monoisotopic (exact) mass is 285 g/mol. The standard InChI is InChI=1S/C11H9BrClNO/c1-6-5-14-9-4-10(15-2)8(12)3-7(9)11(6)13/h3-5H,1-2H3. The van der Waals surface area contributed by atoms with Crippen LogP contribution in [0.2, 0.25) is 5.02 Å². The Labute approximate surface area is 101 Å². The summed E-state index contributed by atoms with van der Waals surface area (Å²) in [7, 11) is 1.63. The van der Waals surface area contributed by atoms with Crippen molar-refractivity contribution in [3.63, 3.8) is 0 Å². The maximum absolute atomic E-state index is 6.19. The number of halogens is 2. The van der Waals surface area contributed by atoms with E-state index in [1.807, 2.05) is 19.1 Å². The molecule has 0 spiro atoms. The lowest BCUT2D eigenvalue weighted by Crippen LogP contribution is -1.88. The molecule has 78 valence electrons. The topological polar surface area (TPSA) is 22.1 Å².